The van der Waals surface area contributed by atoms with Crippen LogP contribution in [0.4, 0.5) is 13.2 Å². The van der Waals surface area contributed by atoms with Crippen LogP contribution in [0.15, 0.2) is 29.3 Å². The van der Waals surface area contributed by atoms with E-state index in [-0.39, 0.29) is 13.2 Å². The maximum absolute atomic E-state index is 12.1. The van der Waals surface area contributed by atoms with Gasteiger partial charge in [-0.1, -0.05) is 18.1 Å². The van der Waals surface area contributed by atoms with Gasteiger partial charge in [0.2, 0.25) is 0 Å². The second-order valence-corrected chi connectivity index (χ2v) is 4.68. The molecule has 1 aromatic rings. The number of hydrogen-bond acceptors (Lipinski definition) is 2. The van der Waals surface area contributed by atoms with Crippen molar-refractivity contribution >= 4 is 5.96 Å². The topological polar surface area (TPSA) is 45.6 Å². The van der Waals surface area contributed by atoms with Gasteiger partial charge in [-0.2, -0.15) is 13.2 Å². The average molecular weight is 327 g/mol. The molecule has 0 radical (unpaired) electrons. The smallest absolute Gasteiger partial charge is 0.390 e. The van der Waals surface area contributed by atoms with E-state index in [1.54, 1.807) is 0 Å². The molecule has 1 aromatic carbocycles. The van der Waals surface area contributed by atoms with Crippen molar-refractivity contribution in [3.63, 3.8) is 0 Å². The van der Waals surface area contributed by atoms with E-state index in [1.807, 2.05) is 24.3 Å². The van der Waals surface area contributed by atoms with Crippen LogP contribution in [0.25, 0.3) is 0 Å². The third-order valence-electron chi connectivity index (χ3n) is 2.88. The Hall–Kier alpha value is -2.36. The molecule has 0 atom stereocenters. The predicted molar refractivity (Wildman–Crippen MR) is 84.5 cm³/mol. The lowest BCUT2D eigenvalue weighted by atomic mass is 10.1. The van der Waals surface area contributed by atoms with E-state index < -0.39 is 12.6 Å². The second-order valence-electron chi connectivity index (χ2n) is 4.68. The van der Waals surface area contributed by atoms with E-state index in [0.717, 1.165) is 5.56 Å². The normalized spacial score (nSPS) is 11.7. The van der Waals surface area contributed by atoms with Crippen LogP contribution in [0.5, 0.6) is 5.75 Å². The predicted octanol–water partition coefficient (Wildman–Crippen LogP) is 2.36. The van der Waals surface area contributed by atoms with Gasteiger partial charge in [0.25, 0.3) is 0 Å². The highest BCUT2D eigenvalue weighted by atomic mass is 19.4. The molecule has 0 aromatic heterocycles. The van der Waals surface area contributed by atoms with Crippen LogP contribution in [0, 0.1) is 12.3 Å². The molecule has 4 nitrogen and oxygen atoms in total. The SMILES string of the molecule is C#CCOc1ccc(CCNC(=NC)NCCC(F)(F)F)cc1. The van der Waals surface area contributed by atoms with Crippen molar-refractivity contribution in [1.82, 2.24) is 10.6 Å². The average Bonchev–Trinajstić information content (AvgIpc) is 2.51. The van der Waals surface area contributed by atoms with Crippen molar-refractivity contribution in [2.24, 2.45) is 4.99 Å². The van der Waals surface area contributed by atoms with Gasteiger partial charge in [-0.25, -0.2) is 0 Å². The number of aliphatic imine (C=N–C) groups is 1. The van der Waals surface area contributed by atoms with Crippen molar-refractivity contribution in [2.75, 3.05) is 26.7 Å². The number of rotatable bonds is 7. The van der Waals surface area contributed by atoms with Crippen LogP contribution < -0.4 is 15.4 Å². The van der Waals surface area contributed by atoms with E-state index in [4.69, 9.17) is 11.2 Å². The van der Waals surface area contributed by atoms with Gasteiger partial charge in [-0.05, 0) is 24.1 Å². The molecule has 0 aliphatic carbocycles. The number of nitrogens with zero attached hydrogens (tertiary/aromatic N) is 1. The summed E-state index contributed by atoms with van der Waals surface area (Å²) < 4.78 is 41.5. The maximum Gasteiger partial charge on any atom is 0.390 e. The monoisotopic (exact) mass is 327 g/mol. The number of guanidine groups is 1. The van der Waals surface area contributed by atoms with Crippen molar-refractivity contribution < 1.29 is 17.9 Å². The zero-order valence-electron chi connectivity index (χ0n) is 12.9. The van der Waals surface area contributed by atoms with Crippen molar-refractivity contribution in [3.8, 4) is 18.1 Å². The Morgan fingerprint density at radius 1 is 1.22 bits per heavy atom. The number of ether oxygens (including phenoxy) is 1. The molecule has 0 saturated carbocycles. The van der Waals surface area contributed by atoms with Gasteiger partial charge in [0, 0.05) is 20.1 Å². The molecule has 0 heterocycles. The Morgan fingerprint density at radius 2 is 1.87 bits per heavy atom. The van der Waals surface area contributed by atoms with E-state index in [1.165, 1.54) is 7.05 Å². The molecule has 0 saturated heterocycles. The number of hydrogen-bond donors (Lipinski definition) is 2. The van der Waals surface area contributed by atoms with Crippen molar-refractivity contribution in [3.05, 3.63) is 29.8 Å². The highest BCUT2D eigenvalue weighted by Gasteiger charge is 2.26. The Balaban J connectivity index is 2.30. The van der Waals surface area contributed by atoms with Gasteiger partial charge >= 0.3 is 6.18 Å². The third-order valence-corrected chi connectivity index (χ3v) is 2.88. The zero-order valence-corrected chi connectivity index (χ0v) is 12.9. The zero-order chi connectivity index (χ0) is 17.1. The van der Waals surface area contributed by atoms with Crippen molar-refractivity contribution in [1.29, 1.82) is 0 Å². The highest BCUT2D eigenvalue weighted by Crippen LogP contribution is 2.18. The number of alkyl halides is 3. The van der Waals surface area contributed by atoms with Crippen LogP contribution in [0.2, 0.25) is 0 Å². The summed E-state index contributed by atoms with van der Waals surface area (Å²) in [6, 6.07) is 7.47. The molecule has 0 fully saturated rings. The Morgan fingerprint density at radius 3 is 2.43 bits per heavy atom. The Bertz CT molecular complexity index is 533. The maximum atomic E-state index is 12.1. The van der Waals surface area contributed by atoms with Crippen LogP contribution in [0.3, 0.4) is 0 Å². The molecular formula is C16H20F3N3O. The van der Waals surface area contributed by atoms with Gasteiger partial charge in [0.15, 0.2) is 5.96 Å². The second kappa shape index (κ2) is 9.62. The first kappa shape index (κ1) is 18.7. The Labute approximate surface area is 134 Å². The summed E-state index contributed by atoms with van der Waals surface area (Å²) in [4.78, 5) is 3.87. The van der Waals surface area contributed by atoms with Gasteiger partial charge in [-0.3, -0.25) is 4.99 Å². The first-order valence-corrected chi connectivity index (χ1v) is 7.11. The standard InChI is InChI=1S/C16H20F3N3O/c1-3-12-23-14-6-4-13(5-7-14)8-10-21-15(20-2)22-11-9-16(17,18)19/h1,4-7H,8-12H2,2H3,(H2,20,21,22). The molecule has 0 unspecified atom stereocenters. The first-order chi connectivity index (χ1) is 10.9. The first-order valence-electron chi connectivity index (χ1n) is 7.11. The third kappa shape index (κ3) is 8.61. The van der Waals surface area contributed by atoms with Crippen LogP contribution in [-0.4, -0.2) is 38.9 Å². The molecular weight excluding hydrogens is 307 g/mol. The van der Waals surface area contributed by atoms with E-state index in [2.05, 4.69) is 21.5 Å². The van der Waals surface area contributed by atoms with Gasteiger partial charge in [0.05, 0.1) is 6.42 Å². The molecule has 0 aliphatic rings. The van der Waals surface area contributed by atoms with Crippen molar-refractivity contribution in [2.45, 2.75) is 19.0 Å². The number of nitrogens with one attached hydrogen (secondary N) is 2. The molecule has 126 valence electrons. The summed E-state index contributed by atoms with van der Waals surface area (Å²) in [5, 5.41) is 5.59. The number of halogens is 3. The summed E-state index contributed by atoms with van der Waals surface area (Å²) in [7, 11) is 1.51. The summed E-state index contributed by atoms with van der Waals surface area (Å²) in [6.07, 6.45) is 0.745. The Kier molecular flexibility index (Phi) is 7.81. The summed E-state index contributed by atoms with van der Waals surface area (Å²) in [5.74, 6) is 3.44. The van der Waals surface area contributed by atoms with E-state index in [0.29, 0.717) is 24.7 Å². The lowest BCUT2D eigenvalue weighted by molar-refractivity contribution is -0.132. The van der Waals surface area contributed by atoms with Crippen LogP contribution >= 0.6 is 0 Å². The molecule has 2 N–H and O–H groups in total. The molecule has 1 rings (SSSR count). The minimum atomic E-state index is -4.17. The largest absolute Gasteiger partial charge is 0.481 e. The van der Waals surface area contributed by atoms with Crippen LogP contribution in [-0.2, 0) is 6.42 Å². The highest BCUT2D eigenvalue weighted by molar-refractivity contribution is 5.79. The van der Waals surface area contributed by atoms with Gasteiger partial charge < -0.3 is 15.4 Å². The van der Waals surface area contributed by atoms with E-state index in [9.17, 15) is 13.2 Å². The molecule has 0 amide bonds. The van der Waals surface area contributed by atoms with Gasteiger partial charge in [0.1, 0.15) is 12.4 Å². The fraction of sp³-hybridized carbons (Fsp3) is 0.438. The van der Waals surface area contributed by atoms with Gasteiger partial charge in [-0.15, -0.1) is 6.42 Å². The fourth-order valence-corrected chi connectivity index (χ4v) is 1.75. The quantitative estimate of drug-likeness (QED) is 0.459. The fourth-order valence-electron chi connectivity index (χ4n) is 1.75. The minimum absolute atomic E-state index is 0.204. The minimum Gasteiger partial charge on any atom is -0.481 e. The molecule has 0 spiro atoms. The number of benzene rings is 1. The van der Waals surface area contributed by atoms with E-state index >= 15 is 0 Å². The molecule has 0 bridgehead atoms. The van der Waals surface area contributed by atoms with Crippen LogP contribution in [0.1, 0.15) is 12.0 Å². The molecule has 7 heteroatoms. The summed E-state index contributed by atoms with van der Waals surface area (Å²) >= 11 is 0. The lowest BCUT2D eigenvalue weighted by Gasteiger charge is -2.13. The summed E-state index contributed by atoms with van der Waals surface area (Å²) in [5.41, 5.74) is 1.07. The number of terminal acetylenes is 1. The molecule has 23 heavy (non-hydrogen) atoms. The lowest BCUT2D eigenvalue weighted by Crippen LogP contribution is -2.39. The molecule has 0 aliphatic heterocycles. The summed E-state index contributed by atoms with van der Waals surface area (Å²) in [6.45, 7) is 0.571.